The molecule has 1 unspecified atom stereocenters. The minimum absolute atomic E-state index is 0.0849. The molecule has 9 nitrogen and oxygen atoms in total. The molecule has 0 radical (unpaired) electrons. The van der Waals surface area contributed by atoms with E-state index < -0.39 is 0 Å². The average molecular weight is 543 g/mol. The molecule has 10 heteroatoms. The average Bonchev–Trinajstić information content (AvgIpc) is 3.55. The van der Waals surface area contributed by atoms with Gasteiger partial charge in [0.05, 0.1) is 30.5 Å². The summed E-state index contributed by atoms with van der Waals surface area (Å²) in [5, 5.41) is 12.7. The highest BCUT2D eigenvalue weighted by atomic mass is 32.1. The second-order valence-corrected chi connectivity index (χ2v) is 11.2. The van der Waals surface area contributed by atoms with Gasteiger partial charge in [0.25, 0.3) is 5.91 Å². The number of hydrogen-bond acceptors (Lipinski definition) is 7. The van der Waals surface area contributed by atoms with Crippen molar-refractivity contribution in [1.82, 2.24) is 14.8 Å². The molecule has 0 bridgehead atoms. The Morgan fingerprint density at radius 2 is 1.95 bits per heavy atom. The molecule has 39 heavy (non-hydrogen) atoms. The van der Waals surface area contributed by atoms with Gasteiger partial charge in [0.1, 0.15) is 0 Å². The maximum Gasteiger partial charge on any atom is 0.324 e. The lowest BCUT2D eigenvalue weighted by Gasteiger charge is -2.36. The zero-order chi connectivity index (χ0) is 26.8. The molecule has 3 amide bonds. The van der Waals surface area contributed by atoms with Crippen molar-refractivity contribution in [2.45, 2.75) is 31.8 Å². The van der Waals surface area contributed by atoms with Crippen LogP contribution in [0.2, 0.25) is 0 Å². The molecule has 0 spiro atoms. The largest absolute Gasteiger partial charge is 0.379 e. The van der Waals surface area contributed by atoms with Gasteiger partial charge in [0.2, 0.25) is 0 Å². The van der Waals surface area contributed by atoms with E-state index in [1.54, 1.807) is 51.5 Å². The minimum atomic E-state index is -0.195. The van der Waals surface area contributed by atoms with Crippen LogP contribution in [0, 0.1) is 11.3 Å². The van der Waals surface area contributed by atoms with E-state index in [4.69, 9.17) is 15.0 Å². The van der Waals surface area contributed by atoms with Crippen molar-refractivity contribution >= 4 is 34.1 Å². The summed E-state index contributed by atoms with van der Waals surface area (Å²) >= 11 is 1.58. The highest BCUT2D eigenvalue weighted by Crippen LogP contribution is 2.32. The van der Waals surface area contributed by atoms with Crippen molar-refractivity contribution in [1.29, 1.82) is 5.26 Å². The quantitative estimate of drug-likeness (QED) is 0.507. The molecule has 2 aromatic carbocycles. The maximum absolute atomic E-state index is 13.1. The first-order valence-corrected chi connectivity index (χ1v) is 14.2. The fourth-order valence-electron chi connectivity index (χ4n) is 5.55. The van der Waals surface area contributed by atoms with Gasteiger partial charge in [-0.05, 0) is 61.2 Å². The van der Waals surface area contributed by atoms with Crippen molar-refractivity contribution in [2.75, 3.05) is 49.6 Å². The summed E-state index contributed by atoms with van der Waals surface area (Å²) in [7, 11) is 0. The molecule has 1 aromatic heterocycles. The van der Waals surface area contributed by atoms with Gasteiger partial charge in [0.15, 0.2) is 5.13 Å². The number of ether oxygens (including phenoxy) is 1. The number of urea groups is 1. The number of fused-ring (bicyclic) bond motifs is 1. The first-order chi connectivity index (χ1) is 19.1. The molecule has 0 saturated carbocycles. The predicted octanol–water partition coefficient (Wildman–Crippen LogP) is 3.90. The Bertz CT molecular complexity index is 1410. The Balaban J connectivity index is 1.08. The highest BCUT2D eigenvalue weighted by molar-refractivity contribution is 7.15. The Labute approximate surface area is 231 Å². The fraction of sp³-hybridized carbons (Fsp3) is 0.379. The van der Waals surface area contributed by atoms with E-state index in [1.807, 2.05) is 18.2 Å². The third kappa shape index (κ3) is 5.52. The van der Waals surface area contributed by atoms with Crippen LogP contribution in [0.5, 0.6) is 0 Å². The second-order valence-electron chi connectivity index (χ2n) is 10.1. The predicted molar refractivity (Wildman–Crippen MR) is 149 cm³/mol. The number of carbonyl (C=O) groups excluding carboxylic acids is 2. The van der Waals surface area contributed by atoms with E-state index in [-0.39, 0.29) is 11.9 Å². The number of anilines is 2. The second kappa shape index (κ2) is 11.1. The summed E-state index contributed by atoms with van der Waals surface area (Å²) < 4.78 is 5.50. The molecule has 2 aliphatic heterocycles. The Morgan fingerprint density at radius 3 is 2.74 bits per heavy atom. The molecule has 2 fully saturated rings. The molecule has 1 atom stereocenters. The number of nitriles is 1. The summed E-state index contributed by atoms with van der Waals surface area (Å²) in [5.74, 6) is -0.195. The smallest absolute Gasteiger partial charge is 0.324 e. The number of carbonyl (C=O) groups is 2. The molecule has 2 saturated heterocycles. The fourth-order valence-corrected chi connectivity index (χ4v) is 6.62. The van der Waals surface area contributed by atoms with Gasteiger partial charge >= 0.3 is 6.03 Å². The molecule has 200 valence electrons. The van der Waals surface area contributed by atoms with Gasteiger partial charge in [-0.15, -0.1) is 11.3 Å². The lowest BCUT2D eigenvalue weighted by atomic mass is 9.96. The van der Waals surface area contributed by atoms with E-state index in [1.165, 1.54) is 4.88 Å². The van der Waals surface area contributed by atoms with Crippen LogP contribution in [0.25, 0.3) is 0 Å². The van der Waals surface area contributed by atoms with Crippen molar-refractivity contribution in [2.24, 2.45) is 0 Å². The van der Waals surface area contributed by atoms with Crippen molar-refractivity contribution in [3.05, 3.63) is 75.8 Å². The highest BCUT2D eigenvalue weighted by Gasteiger charge is 2.30. The third-order valence-corrected chi connectivity index (χ3v) is 8.70. The molecule has 1 aliphatic carbocycles. The summed E-state index contributed by atoms with van der Waals surface area (Å²) in [6.07, 6.45) is 2.99. The number of nitrogens with one attached hydrogen (secondary N) is 1. The van der Waals surface area contributed by atoms with E-state index in [9.17, 15) is 9.59 Å². The number of morpholine rings is 1. The van der Waals surface area contributed by atoms with Gasteiger partial charge < -0.3 is 9.64 Å². The van der Waals surface area contributed by atoms with Crippen LogP contribution in [0.3, 0.4) is 0 Å². The van der Waals surface area contributed by atoms with Crippen LogP contribution < -0.4 is 10.2 Å². The summed E-state index contributed by atoms with van der Waals surface area (Å²) in [4.78, 5) is 38.1. The summed E-state index contributed by atoms with van der Waals surface area (Å²) in [5.41, 5.74) is 3.88. The van der Waals surface area contributed by atoms with E-state index in [2.05, 4.69) is 16.3 Å². The van der Waals surface area contributed by atoms with Crippen LogP contribution >= 0.6 is 11.3 Å². The van der Waals surface area contributed by atoms with E-state index >= 15 is 0 Å². The Hall–Kier alpha value is -3.78. The van der Waals surface area contributed by atoms with Crippen molar-refractivity contribution in [3.8, 4) is 6.07 Å². The van der Waals surface area contributed by atoms with Gasteiger partial charge in [-0.1, -0.05) is 12.1 Å². The zero-order valence-electron chi connectivity index (χ0n) is 21.6. The van der Waals surface area contributed by atoms with Gasteiger partial charge in [-0.3, -0.25) is 19.9 Å². The van der Waals surface area contributed by atoms with E-state index in [0.29, 0.717) is 41.9 Å². The SMILES string of the molecule is N#Cc1ccc(N2CCN(Cc3cccc(C(=O)Nc4nc5c(s4)CC(N4CCOCC4)CC5)c3)C2=O)cc1. The van der Waals surface area contributed by atoms with Gasteiger partial charge in [-0.25, -0.2) is 9.78 Å². The normalized spacial score (nSPS) is 19.6. The van der Waals surface area contributed by atoms with Crippen LogP contribution in [0.1, 0.15) is 38.5 Å². The lowest BCUT2D eigenvalue weighted by Crippen LogP contribution is -2.45. The number of benzene rings is 2. The maximum atomic E-state index is 13.1. The van der Waals surface area contributed by atoms with Crippen molar-refractivity contribution < 1.29 is 14.3 Å². The first kappa shape index (κ1) is 25.5. The van der Waals surface area contributed by atoms with Gasteiger partial charge in [0, 0.05) is 54.9 Å². The van der Waals surface area contributed by atoms with E-state index in [0.717, 1.165) is 62.5 Å². The molecule has 3 aromatic rings. The topological polar surface area (TPSA) is 102 Å². The third-order valence-electron chi connectivity index (χ3n) is 7.66. The molecule has 3 heterocycles. The number of nitrogens with zero attached hydrogens (tertiary/aromatic N) is 5. The molecule has 3 aliphatic rings. The van der Waals surface area contributed by atoms with Crippen LogP contribution in [-0.2, 0) is 24.1 Å². The standard InChI is InChI=1S/C29H30N6O3S/c30-18-20-4-6-23(7-5-20)35-11-10-34(29(35)37)19-21-2-1-3-22(16-21)27(36)32-28-31-25-9-8-24(17-26(25)39-28)33-12-14-38-15-13-33/h1-7,16,24H,8-15,17,19H2,(H,31,32,36). The molecular weight excluding hydrogens is 512 g/mol. The monoisotopic (exact) mass is 542 g/mol. The van der Waals surface area contributed by atoms with Crippen LogP contribution in [-0.4, -0.2) is 72.2 Å². The number of amides is 3. The Kier molecular flexibility index (Phi) is 7.28. The number of hydrogen-bond donors (Lipinski definition) is 1. The number of aromatic nitrogens is 1. The minimum Gasteiger partial charge on any atom is -0.379 e. The van der Waals surface area contributed by atoms with Gasteiger partial charge in [-0.2, -0.15) is 5.26 Å². The molecule has 1 N–H and O–H groups in total. The first-order valence-electron chi connectivity index (χ1n) is 13.3. The summed E-state index contributed by atoms with van der Waals surface area (Å²) in [6, 6.07) is 17.0. The number of rotatable bonds is 6. The number of aryl methyl sites for hydroxylation is 1. The zero-order valence-corrected chi connectivity index (χ0v) is 22.5. The number of thiazole rings is 1. The van der Waals surface area contributed by atoms with Crippen LogP contribution in [0.15, 0.2) is 48.5 Å². The van der Waals surface area contributed by atoms with Crippen LogP contribution in [0.4, 0.5) is 15.6 Å². The summed E-state index contributed by atoms with van der Waals surface area (Å²) in [6.45, 7) is 5.14. The molecular formula is C29H30N6O3S. The lowest BCUT2D eigenvalue weighted by molar-refractivity contribution is 0.0139. The Morgan fingerprint density at radius 1 is 1.13 bits per heavy atom. The van der Waals surface area contributed by atoms with Crippen molar-refractivity contribution in [3.63, 3.8) is 0 Å². The molecule has 6 rings (SSSR count).